The molecule has 2 N–H and O–H groups in total. The Balaban J connectivity index is 2.38. The van der Waals surface area contributed by atoms with Gasteiger partial charge < -0.3 is 10.4 Å². The summed E-state index contributed by atoms with van der Waals surface area (Å²) in [6.07, 6.45) is 0. The van der Waals surface area contributed by atoms with Crippen molar-refractivity contribution in [3.63, 3.8) is 0 Å². The van der Waals surface area contributed by atoms with Gasteiger partial charge in [-0.25, -0.2) is 4.79 Å². The van der Waals surface area contributed by atoms with Crippen molar-refractivity contribution in [3.8, 4) is 0 Å². The van der Waals surface area contributed by atoms with Crippen LogP contribution in [0, 0.1) is 6.92 Å². The van der Waals surface area contributed by atoms with Crippen molar-refractivity contribution in [1.82, 2.24) is 0 Å². The van der Waals surface area contributed by atoms with Crippen LogP contribution in [-0.4, -0.2) is 17.0 Å². The Morgan fingerprint density at radius 3 is 2.52 bits per heavy atom. The number of hydrogen-bond donors (Lipinski definition) is 2. The summed E-state index contributed by atoms with van der Waals surface area (Å²) in [6, 6.07) is 9.54. The second-order valence-corrected chi connectivity index (χ2v) is 5.76. The molecule has 108 valence electrons. The molecule has 2 aromatic carbocycles. The molecule has 0 saturated heterocycles. The first kappa shape index (κ1) is 15.5. The molecule has 0 saturated carbocycles. The molecule has 0 fully saturated rings. The second-order valence-electron chi connectivity index (χ2n) is 4.41. The number of nitrogens with one attached hydrogen (secondary N) is 1. The van der Waals surface area contributed by atoms with Gasteiger partial charge in [-0.15, -0.1) is 0 Å². The topological polar surface area (TPSA) is 66.4 Å². The van der Waals surface area contributed by atoms with E-state index in [4.69, 9.17) is 16.7 Å². The predicted octanol–water partition coefficient (Wildman–Crippen LogP) is 4.36. The molecule has 21 heavy (non-hydrogen) atoms. The van der Waals surface area contributed by atoms with Gasteiger partial charge >= 0.3 is 5.97 Å². The van der Waals surface area contributed by atoms with Crippen LogP contribution in [0.2, 0.25) is 5.02 Å². The van der Waals surface area contributed by atoms with Crippen molar-refractivity contribution in [2.24, 2.45) is 0 Å². The molecule has 0 aliphatic heterocycles. The molecule has 0 aliphatic rings. The van der Waals surface area contributed by atoms with Gasteiger partial charge in [0.15, 0.2) is 0 Å². The van der Waals surface area contributed by atoms with Crippen LogP contribution < -0.4 is 5.32 Å². The number of carbonyl (C=O) groups is 2. The van der Waals surface area contributed by atoms with E-state index in [0.29, 0.717) is 15.1 Å². The highest BCUT2D eigenvalue weighted by Gasteiger charge is 2.15. The molecular formula is C15H11BrClNO3. The maximum Gasteiger partial charge on any atom is 0.337 e. The molecule has 0 aliphatic carbocycles. The molecule has 4 nitrogen and oxygen atoms in total. The Kier molecular flexibility index (Phi) is 4.65. The zero-order chi connectivity index (χ0) is 15.6. The van der Waals surface area contributed by atoms with Gasteiger partial charge in [-0.2, -0.15) is 0 Å². The fraction of sp³-hybridized carbons (Fsp3) is 0.0667. The Morgan fingerprint density at radius 1 is 1.14 bits per heavy atom. The highest BCUT2D eigenvalue weighted by Crippen LogP contribution is 2.23. The van der Waals surface area contributed by atoms with Gasteiger partial charge in [0.1, 0.15) is 0 Å². The Hall–Kier alpha value is -1.85. The molecule has 0 unspecified atom stereocenters. The summed E-state index contributed by atoms with van der Waals surface area (Å²) < 4.78 is 0.672. The van der Waals surface area contributed by atoms with E-state index in [2.05, 4.69) is 21.2 Å². The molecule has 1 amide bonds. The fourth-order valence-electron chi connectivity index (χ4n) is 1.83. The van der Waals surface area contributed by atoms with Crippen LogP contribution in [0.25, 0.3) is 0 Å². The molecule has 0 radical (unpaired) electrons. The van der Waals surface area contributed by atoms with Crippen molar-refractivity contribution >= 4 is 45.1 Å². The standard InChI is InChI=1S/C15H11BrClNO3/c1-8-2-4-10(17)7-12(8)14(19)18-13-6-9(16)3-5-11(13)15(20)21/h2-7H,1H3,(H,18,19)(H,20,21). The van der Waals surface area contributed by atoms with Gasteiger partial charge in [0.05, 0.1) is 11.3 Å². The number of benzene rings is 2. The number of rotatable bonds is 3. The molecule has 2 rings (SSSR count). The number of amides is 1. The molecular weight excluding hydrogens is 358 g/mol. The molecule has 0 heterocycles. The predicted molar refractivity (Wildman–Crippen MR) is 85.2 cm³/mol. The van der Waals surface area contributed by atoms with E-state index in [1.54, 1.807) is 37.3 Å². The number of aromatic carboxylic acids is 1. The number of aryl methyl sites for hydroxylation is 1. The first-order valence-electron chi connectivity index (χ1n) is 5.99. The van der Waals surface area contributed by atoms with Crippen LogP contribution in [0.4, 0.5) is 5.69 Å². The summed E-state index contributed by atoms with van der Waals surface area (Å²) in [6.45, 7) is 1.78. The summed E-state index contributed by atoms with van der Waals surface area (Å²) in [5.41, 5.74) is 1.40. The Bertz CT molecular complexity index is 731. The van der Waals surface area contributed by atoms with E-state index in [9.17, 15) is 9.59 Å². The zero-order valence-electron chi connectivity index (χ0n) is 11.0. The quantitative estimate of drug-likeness (QED) is 0.846. The number of hydrogen-bond acceptors (Lipinski definition) is 2. The lowest BCUT2D eigenvalue weighted by molar-refractivity contribution is 0.0698. The highest BCUT2D eigenvalue weighted by atomic mass is 79.9. The minimum absolute atomic E-state index is 0.0197. The molecule has 0 aromatic heterocycles. The fourth-order valence-corrected chi connectivity index (χ4v) is 2.37. The summed E-state index contributed by atoms with van der Waals surface area (Å²) in [5, 5.41) is 12.2. The van der Waals surface area contributed by atoms with Crippen molar-refractivity contribution in [2.45, 2.75) is 6.92 Å². The third-order valence-corrected chi connectivity index (χ3v) is 3.63. The van der Waals surface area contributed by atoms with Crippen LogP contribution in [0.15, 0.2) is 40.9 Å². The van der Waals surface area contributed by atoms with E-state index in [1.165, 1.54) is 6.07 Å². The Labute approximate surface area is 134 Å². The molecule has 0 atom stereocenters. The number of carboxylic acids is 1. The molecule has 0 spiro atoms. The van der Waals surface area contributed by atoms with Crippen LogP contribution >= 0.6 is 27.5 Å². The van der Waals surface area contributed by atoms with Crippen LogP contribution in [0.5, 0.6) is 0 Å². The van der Waals surface area contributed by atoms with Gasteiger partial charge in [-0.1, -0.05) is 33.6 Å². The van der Waals surface area contributed by atoms with Gasteiger partial charge in [0.25, 0.3) is 5.91 Å². The van der Waals surface area contributed by atoms with Crippen molar-refractivity contribution in [2.75, 3.05) is 5.32 Å². The van der Waals surface area contributed by atoms with E-state index in [-0.39, 0.29) is 11.3 Å². The third kappa shape index (κ3) is 3.62. The maximum atomic E-state index is 12.3. The minimum Gasteiger partial charge on any atom is -0.478 e. The molecule has 0 bridgehead atoms. The van der Waals surface area contributed by atoms with Crippen molar-refractivity contribution in [1.29, 1.82) is 0 Å². The summed E-state index contributed by atoms with van der Waals surface area (Å²) in [4.78, 5) is 23.5. The number of halogens is 2. The normalized spacial score (nSPS) is 10.2. The van der Waals surface area contributed by atoms with Gasteiger partial charge in [0, 0.05) is 15.1 Å². The summed E-state index contributed by atoms with van der Waals surface area (Å²) in [7, 11) is 0. The zero-order valence-corrected chi connectivity index (χ0v) is 13.3. The lowest BCUT2D eigenvalue weighted by Crippen LogP contribution is -2.16. The van der Waals surface area contributed by atoms with E-state index >= 15 is 0 Å². The Morgan fingerprint density at radius 2 is 1.86 bits per heavy atom. The number of anilines is 1. The average Bonchev–Trinajstić information content (AvgIpc) is 2.41. The largest absolute Gasteiger partial charge is 0.478 e. The van der Waals surface area contributed by atoms with Gasteiger partial charge in [0.2, 0.25) is 0 Å². The highest BCUT2D eigenvalue weighted by molar-refractivity contribution is 9.10. The van der Waals surface area contributed by atoms with E-state index in [0.717, 1.165) is 5.56 Å². The monoisotopic (exact) mass is 367 g/mol. The maximum absolute atomic E-state index is 12.3. The second kappa shape index (κ2) is 6.28. The van der Waals surface area contributed by atoms with Crippen LogP contribution in [0.1, 0.15) is 26.3 Å². The van der Waals surface area contributed by atoms with Crippen molar-refractivity contribution < 1.29 is 14.7 Å². The average molecular weight is 369 g/mol. The lowest BCUT2D eigenvalue weighted by Gasteiger charge is -2.11. The third-order valence-electron chi connectivity index (χ3n) is 2.90. The van der Waals surface area contributed by atoms with Crippen LogP contribution in [0.3, 0.4) is 0 Å². The van der Waals surface area contributed by atoms with Crippen LogP contribution in [-0.2, 0) is 0 Å². The molecule has 6 heteroatoms. The minimum atomic E-state index is -1.11. The first-order valence-corrected chi connectivity index (χ1v) is 7.16. The summed E-state index contributed by atoms with van der Waals surface area (Å²) >= 11 is 9.14. The van der Waals surface area contributed by atoms with Gasteiger partial charge in [-0.3, -0.25) is 4.79 Å². The number of carbonyl (C=O) groups excluding carboxylic acids is 1. The smallest absolute Gasteiger partial charge is 0.337 e. The van der Waals surface area contributed by atoms with Crippen molar-refractivity contribution in [3.05, 3.63) is 62.6 Å². The number of carboxylic acid groups (broad SMARTS) is 1. The van der Waals surface area contributed by atoms with E-state index < -0.39 is 11.9 Å². The molecule has 2 aromatic rings. The first-order chi connectivity index (χ1) is 9.88. The van der Waals surface area contributed by atoms with E-state index in [1.807, 2.05) is 0 Å². The lowest BCUT2D eigenvalue weighted by atomic mass is 10.1. The SMILES string of the molecule is Cc1ccc(Cl)cc1C(=O)Nc1cc(Br)ccc1C(=O)O. The van der Waals surface area contributed by atoms with Gasteiger partial charge in [-0.05, 0) is 42.8 Å². The summed E-state index contributed by atoms with van der Waals surface area (Å²) in [5.74, 6) is -1.52.